The van der Waals surface area contributed by atoms with Gasteiger partial charge in [0, 0.05) is 0 Å². The molecule has 0 fully saturated rings. The van der Waals surface area contributed by atoms with Crippen LogP contribution < -0.4 is 17.0 Å². The summed E-state index contributed by atoms with van der Waals surface area (Å²) in [5, 5.41) is 0. The molecule has 0 saturated carbocycles. The molecular formula is CH5N3Se. The van der Waals surface area contributed by atoms with Crippen LogP contribution in [0.15, 0.2) is 0 Å². The number of nitrogens with one attached hydrogen (secondary N) is 1. The average Bonchev–Trinajstić information content (AvgIpc) is 1.38. The van der Waals surface area contributed by atoms with Crippen LogP contribution in [0.2, 0.25) is 0 Å². The Bertz CT molecular complexity index is 42.2. The van der Waals surface area contributed by atoms with Crippen LogP contribution in [-0.2, 0) is 0 Å². The van der Waals surface area contributed by atoms with Crippen molar-refractivity contribution in [2.75, 3.05) is 0 Å². The summed E-state index contributed by atoms with van der Waals surface area (Å²) in [5.41, 5.74) is 7.08. The molecular weight excluding hydrogens is 133 g/mol. The predicted molar refractivity (Wildman–Crippen MR) is 22.3 cm³/mol. The van der Waals surface area contributed by atoms with Crippen molar-refractivity contribution < 1.29 is 0 Å². The Morgan fingerprint density at radius 3 is 2.00 bits per heavy atom. The third kappa shape index (κ3) is 3.95. The number of hydrazine groups is 1. The Balaban J connectivity index is 2.85. The van der Waals surface area contributed by atoms with Crippen molar-refractivity contribution in [2.45, 2.75) is 0 Å². The topological polar surface area (TPSA) is 64.1 Å². The first-order chi connectivity index (χ1) is 2.27. The van der Waals surface area contributed by atoms with Crippen LogP contribution >= 0.6 is 0 Å². The molecule has 0 aliphatic rings. The van der Waals surface area contributed by atoms with Crippen molar-refractivity contribution in [3.63, 3.8) is 0 Å². The molecule has 5 N–H and O–H groups in total. The van der Waals surface area contributed by atoms with E-state index in [0.717, 1.165) is 0 Å². The van der Waals surface area contributed by atoms with Gasteiger partial charge in [0.2, 0.25) is 0 Å². The second-order valence-corrected chi connectivity index (χ2v) is 1.43. The zero-order valence-electron chi connectivity index (χ0n) is 2.56. The summed E-state index contributed by atoms with van der Waals surface area (Å²) in [6, 6.07) is 0. The van der Waals surface area contributed by atoms with Gasteiger partial charge >= 0.3 is 37.2 Å². The average molecular weight is 138 g/mol. The SMILES string of the molecule is NNC(N)=[Se]. The van der Waals surface area contributed by atoms with E-state index in [2.05, 4.69) is 21.0 Å². The summed E-state index contributed by atoms with van der Waals surface area (Å²) >= 11 is 2.45. The molecule has 0 heterocycles. The van der Waals surface area contributed by atoms with E-state index in [9.17, 15) is 0 Å². The molecule has 0 spiro atoms. The van der Waals surface area contributed by atoms with Crippen molar-refractivity contribution in [2.24, 2.45) is 11.6 Å². The second-order valence-electron chi connectivity index (χ2n) is 0.509. The van der Waals surface area contributed by atoms with Gasteiger partial charge in [0.15, 0.2) is 0 Å². The van der Waals surface area contributed by atoms with Crippen LogP contribution in [0.5, 0.6) is 0 Å². The molecule has 0 aromatic heterocycles. The molecule has 0 saturated heterocycles. The molecule has 5 heavy (non-hydrogen) atoms. The molecule has 0 bridgehead atoms. The summed E-state index contributed by atoms with van der Waals surface area (Å²) in [4.78, 5) is 0. The van der Waals surface area contributed by atoms with Crippen LogP contribution in [0.1, 0.15) is 0 Å². The first-order valence-corrected chi connectivity index (χ1v) is 1.89. The summed E-state index contributed by atoms with van der Waals surface area (Å²) in [6.45, 7) is 0. The molecule has 0 aromatic rings. The van der Waals surface area contributed by atoms with Crippen molar-refractivity contribution in [1.29, 1.82) is 0 Å². The molecule has 4 heteroatoms. The normalized spacial score (nSPS) is 6.60. The second kappa shape index (κ2) is 2.20. The van der Waals surface area contributed by atoms with Gasteiger partial charge in [-0.15, -0.1) is 0 Å². The fourth-order valence-electron chi connectivity index (χ4n) is 0. The van der Waals surface area contributed by atoms with Crippen LogP contribution in [0.25, 0.3) is 0 Å². The molecule has 0 atom stereocenters. The molecule has 0 unspecified atom stereocenters. The Kier molecular flexibility index (Phi) is 2.18. The minimum atomic E-state index is 0.407. The van der Waals surface area contributed by atoms with Crippen LogP contribution in [0.4, 0.5) is 0 Å². The van der Waals surface area contributed by atoms with E-state index in [1.807, 2.05) is 0 Å². The Hall–Kier alpha value is -0.0505. The number of hydrogen-bond donors (Lipinski definition) is 3. The van der Waals surface area contributed by atoms with E-state index in [4.69, 9.17) is 11.6 Å². The zero-order chi connectivity index (χ0) is 4.28. The monoisotopic (exact) mass is 139 g/mol. The third-order valence-corrected chi connectivity index (χ3v) is 0.390. The first kappa shape index (κ1) is 4.95. The zero-order valence-corrected chi connectivity index (χ0v) is 4.28. The quantitative estimate of drug-likeness (QED) is 0.216. The van der Waals surface area contributed by atoms with Gasteiger partial charge in [-0.1, -0.05) is 0 Å². The van der Waals surface area contributed by atoms with E-state index < -0.39 is 0 Å². The minimum absolute atomic E-state index is 0.407. The van der Waals surface area contributed by atoms with Crippen molar-refractivity contribution in [1.82, 2.24) is 5.43 Å². The number of rotatable bonds is 1. The molecule has 30 valence electrons. The fourth-order valence-corrected chi connectivity index (χ4v) is 0. The maximum atomic E-state index is 4.92. The molecule has 3 nitrogen and oxygen atoms in total. The van der Waals surface area contributed by atoms with Crippen molar-refractivity contribution >= 4 is 20.2 Å². The fraction of sp³-hybridized carbons (Fsp3) is 0. The standard InChI is InChI=1S/CH5N3Se/c2-1(5)4-3/h3H2,(H3,2,4,5). The molecule has 0 aliphatic heterocycles. The van der Waals surface area contributed by atoms with Crippen LogP contribution in [0, 0.1) is 0 Å². The Labute approximate surface area is 38.0 Å². The van der Waals surface area contributed by atoms with E-state index >= 15 is 0 Å². The van der Waals surface area contributed by atoms with E-state index in [0.29, 0.717) is 4.67 Å². The molecule has 0 aromatic carbocycles. The first-order valence-electron chi connectivity index (χ1n) is 1.03. The van der Waals surface area contributed by atoms with Crippen molar-refractivity contribution in [3.8, 4) is 0 Å². The van der Waals surface area contributed by atoms with Gasteiger partial charge in [-0.3, -0.25) is 0 Å². The molecule has 0 radical (unpaired) electrons. The van der Waals surface area contributed by atoms with Gasteiger partial charge in [0.25, 0.3) is 0 Å². The van der Waals surface area contributed by atoms with Gasteiger partial charge in [-0.05, 0) is 0 Å². The summed E-state index contributed by atoms with van der Waals surface area (Å²) in [7, 11) is 0. The van der Waals surface area contributed by atoms with Gasteiger partial charge < -0.3 is 0 Å². The van der Waals surface area contributed by atoms with Crippen LogP contribution in [-0.4, -0.2) is 20.2 Å². The molecule has 0 amide bonds. The van der Waals surface area contributed by atoms with Gasteiger partial charge in [-0.2, -0.15) is 0 Å². The summed E-state index contributed by atoms with van der Waals surface area (Å²) in [6.07, 6.45) is 0. The summed E-state index contributed by atoms with van der Waals surface area (Å²) in [5.74, 6) is 4.73. The van der Waals surface area contributed by atoms with Gasteiger partial charge in [0.1, 0.15) is 0 Å². The van der Waals surface area contributed by atoms with E-state index in [1.54, 1.807) is 0 Å². The van der Waals surface area contributed by atoms with E-state index in [-0.39, 0.29) is 0 Å². The number of nitrogens with two attached hydrogens (primary N) is 2. The van der Waals surface area contributed by atoms with Crippen LogP contribution in [0.3, 0.4) is 0 Å². The number of hydrogen-bond acceptors (Lipinski definition) is 3. The van der Waals surface area contributed by atoms with Gasteiger partial charge in [-0.25, -0.2) is 0 Å². The van der Waals surface area contributed by atoms with Gasteiger partial charge in [0.05, 0.1) is 0 Å². The Morgan fingerprint density at radius 1 is 1.80 bits per heavy atom. The Morgan fingerprint density at radius 2 is 2.00 bits per heavy atom. The van der Waals surface area contributed by atoms with E-state index in [1.165, 1.54) is 0 Å². The molecule has 0 rings (SSSR count). The maximum absolute atomic E-state index is 4.92. The predicted octanol–water partition coefficient (Wildman–Crippen LogP) is -2.34. The third-order valence-electron chi connectivity index (χ3n) is 0.142. The molecule has 0 aliphatic carbocycles. The summed E-state index contributed by atoms with van der Waals surface area (Å²) < 4.78 is 0.407. The van der Waals surface area contributed by atoms with Crippen molar-refractivity contribution in [3.05, 3.63) is 0 Å².